The van der Waals surface area contributed by atoms with Crippen LogP contribution in [0.2, 0.25) is 0 Å². The van der Waals surface area contributed by atoms with Crippen LogP contribution in [0.5, 0.6) is 5.75 Å². The normalized spacial score (nSPS) is 14.2. The van der Waals surface area contributed by atoms with Gasteiger partial charge in [0, 0.05) is 12.0 Å². The van der Waals surface area contributed by atoms with Gasteiger partial charge in [0.2, 0.25) is 0 Å². The van der Waals surface area contributed by atoms with Crippen LogP contribution < -0.4 is 26.9 Å². The predicted octanol–water partition coefficient (Wildman–Crippen LogP) is -2.07. The lowest BCUT2D eigenvalue weighted by Gasteiger charge is -2.19. The number of aromatic nitrogens is 1. The molecule has 0 spiro atoms. The van der Waals surface area contributed by atoms with Crippen LogP contribution in [0.25, 0.3) is 0 Å². The molecule has 0 fully saturated rings. The molecule has 0 aromatic carbocycles. The summed E-state index contributed by atoms with van der Waals surface area (Å²) >= 11 is 0. The summed E-state index contributed by atoms with van der Waals surface area (Å²) in [6.45, 7) is 0.421. The van der Waals surface area contributed by atoms with Crippen LogP contribution in [0, 0.1) is 0 Å². The molecule has 0 bridgehead atoms. The molecule has 3 unspecified atom stereocenters. The summed E-state index contributed by atoms with van der Waals surface area (Å²) in [5, 5.41) is 39.3. The molecule has 1 aromatic heterocycles. The number of pyridine rings is 1. The molecule has 0 aliphatic carbocycles. The Labute approximate surface area is 167 Å². The van der Waals surface area contributed by atoms with E-state index in [1.807, 2.05) is 0 Å². The van der Waals surface area contributed by atoms with Crippen molar-refractivity contribution < 1.29 is 39.4 Å². The number of aryl methyl sites for hydroxylation is 2. The van der Waals surface area contributed by atoms with Crippen molar-refractivity contribution in [1.82, 2.24) is 0 Å². The molecule has 0 saturated heterocycles. The van der Waals surface area contributed by atoms with E-state index in [4.69, 9.17) is 32.5 Å². The lowest BCUT2D eigenvalue weighted by Crippen LogP contribution is -2.38. The molecule has 1 rings (SSSR count). The van der Waals surface area contributed by atoms with Crippen LogP contribution in [0.1, 0.15) is 36.8 Å². The second kappa shape index (κ2) is 11.3. The van der Waals surface area contributed by atoms with E-state index in [9.17, 15) is 19.5 Å². The minimum atomic E-state index is -1.26. The Bertz CT molecular complexity index is 741. The van der Waals surface area contributed by atoms with Crippen LogP contribution in [0.15, 0.2) is 12.4 Å². The van der Waals surface area contributed by atoms with E-state index in [2.05, 4.69) is 0 Å². The lowest BCUT2D eigenvalue weighted by molar-refractivity contribution is -0.700. The van der Waals surface area contributed by atoms with Crippen molar-refractivity contribution in [2.24, 2.45) is 17.2 Å². The number of rotatable bonds is 13. The number of carboxylic acids is 3. The minimum absolute atomic E-state index is 0.0710. The van der Waals surface area contributed by atoms with E-state index in [0.29, 0.717) is 31.4 Å². The average Bonchev–Trinajstić information content (AvgIpc) is 2.64. The lowest BCUT2D eigenvalue weighted by atomic mass is 9.96. The van der Waals surface area contributed by atoms with E-state index >= 15 is 0 Å². The third-order valence-corrected chi connectivity index (χ3v) is 4.57. The quantitative estimate of drug-likeness (QED) is 0.153. The van der Waals surface area contributed by atoms with Gasteiger partial charge in [-0.1, -0.05) is 0 Å². The van der Waals surface area contributed by atoms with Crippen LogP contribution >= 0.6 is 0 Å². The van der Waals surface area contributed by atoms with Crippen molar-refractivity contribution in [2.45, 2.75) is 63.2 Å². The number of nitrogens with zero attached hydrogens (tertiary/aromatic N) is 1. The van der Waals surface area contributed by atoms with Crippen molar-refractivity contribution >= 4 is 17.9 Å². The molecule has 11 heteroatoms. The Morgan fingerprint density at radius 2 is 1.45 bits per heavy atom. The Morgan fingerprint density at radius 1 is 0.897 bits per heavy atom. The second-order valence-corrected chi connectivity index (χ2v) is 6.94. The fourth-order valence-electron chi connectivity index (χ4n) is 2.80. The van der Waals surface area contributed by atoms with Crippen LogP contribution in [-0.2, 0) is 33.8 Å². The maximum atomic E-state index is 12.5. The Hall–Kier alpha value is -2.76. The van der Waals surface area contributed by atoms with Crippen LogP contribution in [0.4, 0.5) is 0 Å². The molecule has 162 valence electrons. The van der Waals surface area contributed by atoms with E-state index in [1.165, 1.54) is 6.20 Å². The molecule has 0 saturated carbocycles. The summed E-state index contributed by atoms with van der Waals surface area (Å²) in [6, 6.07) is -3.32. The highest BCUT2D eigenvalue weighted by molar-refractivity contribution is 5.74. The SMILES string of the molecule is NC(CCCC[n+]1cc([O-])c(CC(N)C(=O)O)c(CCC(N)C(=O)O)c1)C(=O)O. The monoisotopic (exact) mass is 412 g/mol. The predicted molar refractivity (Wildman–Crippen MR) is 98.8 cm³/mol. The molecule has 11 nitrogen and oxygen atoms in total. The summed E-state index contributed by atoms with van der Waals surface area (Å²) in [5.74, 6) is -3.89. The minimum Gasteiger partial charge on any atom is -0.868 e. The van der Waals surface area contributed by atoms with Gasteiger partial charge in [0.05, 0.1) is 0 Å². The highest BCUT2D eigenvalue weighted by atomic mass is 16.4. The highest BCUT2D eigenvalue weighted by Gasteiger charge is 2.20. The molecule has 0 radical (unpaired) electrons. The first kappa shape index (κ1) is 24.3. The van der Waals surface area contributed by atoms with Gasteiger partial charge in [-0.15, -0.1) is 0 Å². The number of nitrogens with two attached hydrogens (primary N) is 3. The van der Waals surface area contributed by atoms with Gasteiger partial charge < -0.3 is 37.6 Å². The summed E-state index contributed by atoms with van der Waals surface area (Å²) in [5.41, 5.74) is 17.3. The molecule has 9 N–H and O–H groups in total. The number of hydrogen-bond donors (Lipinski definition) is 6. The zero-order chi connectivity index (χ0) is 22.1. The second-order valence-electron chi connectivity index (χ2n) is 6.94. The van der Waals surface area contributed by atoms with E-state index in [1.54, 1.807) is 10.8 Å². The summed E-state index contributed by atoms with van der Waals surface area (Å²) in [7, 11) is 0. The molecular weight excluding hydrogens is 384 g/mol. The number of hydrogen-bond acceptors (Lipinski definition) is 7. The van der Waals surface area contributed by atoms with Gasteiger partial charge >= 0.3 is 17.9 Å². The fourth-order valence-corrected chi connectivity index (χ4v) is 2.80. The molecule has 0 amide bonds. The smallest absolute Gasteiger partial charge is 0.320 e. The molecular formula is C18H28N4O7. The molecule has 0 aliphatic rings. The molecule has 29 heavy (non-hydrogen) atoms. The maximum absolute atomic E-state index is 12.5. The molecule has 1 aromatic rings. The number of carboxylic acid groups (broad SMARTS) is 3. The average molecular weight is 412 g/mol. The van der Waals surface area contributed by atoms with Gasteiger partial charge in [-0.3, -0.25) is 14.4 Å². The van der Waals surface area contributed by atoms with Crippen molar-refractivity contribution in [3.8, 4) is 5.75 Å². The van der Waals surface area contributed by atoms with Gasteiger partial charge in [-0.2, -0.15) is 0 Å². The maximum Gasteiger partial charge on any atom is 0.320 e. The standard InChI is InChI=1S/C18H28N4O7/c19-12(16(24)25)3-1-2-6-22-8-10(4-5-13(20)17(26)27)11(15(23)9-22)7-14(21)18(28)29/h8-9,12-14H,1-7,19-21H2,(H3-,23,24,25,26,27,28,29). The molecule has 0 aliphatic heterocycles. The Morgan fingerprint density at radius 3 is 2.00 bits per heavy atom. The summed E-state index contributed by atoms with van der Waals surface area (Å²) in [4.78, 5) is 32.7. The van der Waals surface area contributed by atoms with E-state index < -0.39 is 41.8 Å². The third kappa shape index (κ3) is 8.02. The largest absolute Gasteiger partial charge is 0.868 e. The van der Waals surface area contributed by atoms with E-state index in [0.717, 1.165) is 0 Å². The molecule has 3 atom stereocenters. The van der Waals surface area contributed by atoms with Gasteiger partial charge in [0.1, 0.15) is 24.7 Å². The zero-order valence-corrected chi connectivity index (χ0v) is 16.0. The first-order valence-electron chi connectivity index (χ1n) is 9.20. The van der Waals surface area contributed by atoms with Crippen molar-refractivity contribution in [3.05, 3.63) is 23.5 Å². The Balaban J connectivity index is 2.94. The third-order valence-electron chi connectivity index (χ3n) is 4.57. The zero-order valence-electron chi connectivity index (χ0n) is 16.0. The highest BCUT2D eigenvalue weighted by Crippen LogP contribution is 2.20. The number of unbranched alkanes of at least 4 members (excludes halogenated alkanes) is 1. The van der Waals surface area contributed by atoms with E-state index in [-0.39, 0.29) is 24.8 Å². The Kier molecular flexibility index (Phi) is 9.45. The summed E-state index contributed by atoms with van der Waals surface area (Å²) < 4.78 is 1.62. The molecule has 1 heterocycles. The van der Waals surface area contributed by atoms with Gasteiger partial charge in [0.15, 0.2) is 12.4 Å². The van der Waals surface area contributed by atoms with Gasteiger partial charge in [-0.25, -0.2) is 4.57 Å². The topological polar surface area (TPSA) is 217 Å². The van der Waals surface area contributed by atoms with Crippen molar-refractivity contribution in [2.75, 3.05) is 0 Å². The fraction of sp³-hybridized carbons (Fsp3) is 0.556. The van der Waals surface area contributed by atoms with Gasteiger partial charge in [-0.05, 0) is 43.4 Å². The summed E-state index contributed by atoms with van der Waals surface area (Å²) in [6.07, 6.45) is 4.45. The first-order chi connectivity index (χ1) is 13.5. The van der Waals surface area contributed by atoms with Crippen molar-refractivity contribution in [1.29, 1.82) is 0 Å². The van der Waals surface area contributed by atoms with Crippen LogP contribution in [0.3, 0.4) is 0 Å². The van der Waals surface area contributed by atoms with Crippen molar-refractivity contribution in [3.63, 3.8) is 0 Å². The number of aliphatic carboxylic acids is 3. The van der Waals surface area contributed by atoms with Gasteiger partial charge in [0.25, 0.3) is 0 Å². The number of carbonyl (C=O) groups is 3. The first-order valence-corrected chi connectivity index (χ1v) is 9.20. The van der Waals surface area contributed by atoms with Crippen LogP contribution in [-0.4, -0.2) is 51.4 Å².